The number of hydrogen-bond donors (Lipinski definition) is 0. The number of fused-ring (bicyclic) bond motifs is 1. The molecule has 0 bridgehead atoms. The summed E-state index contributed by atoms with van der Waals surface area (Å²) >= 11 is 0. The molecule has 17 heavy (non-hydrogen) atoms. The Kier molecular flexibility index (Phi) is 2.32. The topological polar surface area (TPSA) is 29.0 Å². The van der Waals surface area contributed by atoms with Crippen LogP contribution < -0.4 is 4.90 Å². The molecule has 1 aliphatic rings. The zero-order chi connectivity index (χ0) is 11.8. The van der Waals surface area contributed by atoms with Crippen LogP contribution in [0.2, 0.25) is 0 Å². The van der Waals surface area contributed by atoms with E-state index >= 15 is 0 Å². The SMILES string of the molecule is Cc1ccnc(N2c3ccccc3CC2C)n1. The second kappa shape index (κ2) is 3.84. The van der Waals surface area contributed by atoms with Gasteiger partial charge in [0.2, 0.25) is 5.95 Å². The molecular formula is C14H15N3. The number of hydrogen-bond acceptors (Lipinski definition) is 3. The van der Waals surface area contributed by atoms with Crippen LogP contribution >= 0.6 is 0 Å². The number of para-hydroxylation sites is 1. The first-order valence-electron chi connectivity index (χ1n) is 5.92. The minimum absolute atomic E-state index is 0.425. The molecule has 1 unspecified atom stereocenters. The molecule has 1 atom stereocenters. The van der Waals surface area contributed by atoms with Crippen molar-refractivity contribution in [1.29, 1.82) is 0 Å². The van der Waals surface area contributed by atoms with Gasteiger partial charge in [0.15, 0.2) is 0 Å². The van der Waals surface area contributed by atoms with Crippen molar-refractivity contribution in [3.8, 4) is 0 Å². The maximum absolute atomic E-state index is 4.52. The van der Waals surface area contributed by atoms with Crippen molar-refractivity contribution in [2.75, 3.05) is 4.90 Å². The Morgan fingerprint density at radius 2 is 2.06 bits per heavy atom. The van der Waals surface area contributed by atoms with Crippen molar-refractivity contribution in [3.05, 3.63) is 47.8 Å². The van der Waals surface area contributed by atoms with Crippen LogP contribution in [0.3, 0.4) is 0 Å². The summed E-state index contributed by atoms with van der Waals surface area (Å²) in [5.74, 6) is 0.808. The van der Waals surface area contributed by atoms with Crippen LogP contribution in [0.4, 0.5) is 11.6 Å². The van der Waals surface area contributed by atoms with E-state index in [1.54, 1.807) is 0 Å². The molecule has 3 heteroatoms. The van der Waals surface area contributed by atoms with E-state index in [0.29, 0.717) is 6.04 Å². The molecule has 0 N–H and O–H groups in total. The van der Waals surface area contributed by atoms with E-state index in [1.807, 2.05) is 19.2 Å². The van der Waals surface area contributed by atoms with Gasteiger partial charge in [-0.3, -0.25) is 0 Å². The molecule has 3 nitrogen and oxygen atoms in total. The summed E-state index contributed by atoms with van der Waals surface area (Å²) in [7, 11) is 0. The van der Waals surface area contributed by atoms with E-state index in [1.165, 1.54) is 11.3 Å². The predicted octanol–water partition coefficient (Wildman–Crippen LogP) is 2.87. The maximum atomic E-state index is 4.52. The molecule has 2 heterocycles. The Labute approximate surface area is 101 Å². The summed E-state index contributed by atoms with van der Waals surface area (Å²) in [5.41, 5.74) is 3.63. The highest BCUT2D eigenvalue weighted by Crippen LogP contribution is 2.36. The van der Waals surface area contributed by atoms with Crippen molar-refractivity contribution in [2.45, 2.75) is 26.3 Å². The highest BCUT2D eigenvalue weighted by Gasteiger charge is 2.28. The lowest BCUT2D eigenvalue weighted by Crippen LogP contribution is -2.25. The number of aryl methyl sites for hydroxylation is 1. The zero-order valence-corrected chi connectivity index (χ0v) is 10.1. The number of rotatable bonds is 1. The Morgan fingerprint density at radius 3 is 2.88 bits per heavy atom. The highest BCUT2D eigenvalue weighted by atomic mass is 15.3. The summed E-state index contributed by atoms with van der Waals surface area (Å²) in [5, 5.41) is 0. The predicted molar refractivity (Wildman–Crippen MR) is 68.5 cm³/mol. The zero-order valence-electron chi connectivity index (χ0n) is 10.1. The minimum atomic E-state index is 0.425. The van der Waals surface area contributed by atoms with E-state index in [2.05, 4.69) is 46.1 Å². The summed E-state index contributed by atoms with van der Waals surface area (Å²) in [6.45, 7) is 4.21. The van der Waals surface area contributed by atoms with Crippen LogP contribution in [0.25, 0.3) is 0 Å². The highest BCUT2D eigenvalue weighted by molar-refractivity contribution is 5.66. The van der Waals surface area contributed by atoms with Gasteiger partial charge in [-0.05, 0) is 38.0 Å². The summed E-state index contributed by atoms with van der Waals surface area (Å²) in [6.07, 6.45) is 2.89. The third-order valence-electron chi connectivity index (χ3n) is 3.20. The van der Waals surface area contributed by atoms with E-state index in [9.17, 15) is 0 Å². The lowest BCUT2D eigenvalue weighted by molar-refractivity contribution is 0.738. The van der Waals surface area contributed by atoms with Crippen molar-refractivity contribution < 1.29 is 0 Å². The molecule has 0 spiro atoms. The fourth-order valence-corrected chi connectivity index (χ4v) is 2.42. The van der Waals surface area contributed by atoms with E-state index < -0.39 is 0 Å². The molecule has 0 saturated heterocycles. The van der Waals surface area contributed by atoms with Crippen LogP contribution in [0, 0.1) is 6.92 Å². The Bertz CT molecular complexity index is 551. The second-order valence-corrected chi connectivity index (χ2v) is 4.55. The molecule has 2 aromatic rings. The molecule has 0 saturated carbocycles. The van der Waals surface area contributed by atoms with Crippen molar-refractivity contribution >= 4 is 11.6 Å². The number of benzene rings is 1. The van der Waals surface area contributed by atoms with Gasteiger partial charge in [0.25, 0.3) is 0 Å². The number of anilines is 2. The standard InChI is InChI=1S/C14H15N3/c1-10-7-8-15-14(16-10)17-11(2)9-12-5-3-4-6-13(12)17/h3-8,11H,9H2,1-2H3. The van der Waals surface area contributed by atoms with Crippen LogP contribution in [0.15, 0.2) is 36.5 Å². The lowest BCUT2D eigenvalue weighted by atomic mass is 10.1. The fourth-order valence-electron chi connectivity index (χ4n) is 2.42. The smallest absolute Gasteiger partial charge is 0.230 e. The quantitative estimate of drug-likeness (QED) is 0.747. The molecule has 86 valence electrons. The van der Waals surface area contributed by atoms with Gasteiger partial charge in [-0.15, -0.1) is 0 Å². The van der Waals surface area contributed by atoms with Crippen LogP contribution in [0.5, 0.6) is 0 Å². The van der Waals surface area contributed by atoms with Gasteiger partial charge >= 0.3 is 0 Å². The van der Waals surface area contributed by atoms with Crippen molar-refractivity contribution in [1.82, 2.24) is 9.97 Å². The molecule has 0 amide bonds. The maximum Gasteiger partial charge on any atom is 0.230 e. The first-order valence-corrected chi connectivity index (χ1v) is 5.92. The molecule has 3 rings (SSSR count). The minimum Gasteiger partial charge on any atom is -0.307 e. The first-order chi connectivity index (χ1) is 8.25. The summed E-state index contributed by atoms with van der Waals surface area (Å²) in [6, 6.07) is 10.8. The van der Waals surface area contributed by atoms with Gasteiger partial charge in [-0.1, -0.05) is 18.2 Å². The van der Waals surface area contributed by atoms with E-state index in [0.717, 1.165) is 18.1 Å². The van der Waals surface area contributed by atoms with Gasteiger partial charge in [-0.2, -0.15) is 0 Å². The number of aromatic nitrogens is 2. The van der Waals surface area contributed by atoms with E-state index in [4.69, 9.17) is 0 Å². The van der Waals surface area contributed by atoms with Crippen LogP contribution in [-0.4, -0.2) is 16.0 Å². The van der Waals surface area contributed by atoms with Crippen molar-refractivity contribution in [3.63, 3.8) is 0 Å². The van der Waals surface area contributed by atoms with Gasteiger partial charge in [-0.25, -0.2) is 9.97 Å². The summed E-state index contributed by atoms with van der Waals surface area (Å²) in [4.78, 5) is 11.1. The first kappa shape index (κ1) is 10.3. The monoisotopic (exact) mass is 225 g/mol. The van der Waals surface area contributed by atoms with Crippen LogP contribution in [-0.2, 0) is 6.42 Å². The second-order valence-electron chi connectivity index (χ2n) is 4.55. The average Bonchev–Trinajstić information content (AvgIpc) is 2.64. The van der Waals surface area contributed by atoms with Gasteiger partial charge in [0.05, 0.1) is 0 Å². The Balaban J connectivity index is 2.09. The fraction of sp³-hybridized carbons (Fsp3) is 0.286. The summed E-state index contributed by atoms with van der Waals surface area (Å²) < 4.78 is 0. The normalized spacial score (nSPS) is 18.2. The lowest BCUT2D eigenvalue weighted by Gasteiger charge is -2.22. The van der Waals surface area contributed by atoms with Crippen LogP contribution in [0.1, 0.15) is 18.2 Å². The Morgan fingerprint density at radius 1 is 1.24 bits per heavy atom. The Hall–Kier alpha value is -1.90. The molecule has 0 aliphatic carbocycles. The molecule has 0 fully saturated rings. The average molecular weight is 225 g/mol. The molecule has 1 aromatic carbocycles. The van der Waals surface area contributed by atoms with Gasteiger partial charge in [0.1, 0.15) is 0 Å². The van der Waals surface area contributed by atoms with Gasteiger partial charge < -0.3 is 4.90 Å². The van der Waals surface area contributed by atoms with Gasteiger partial charge in [0, 0.05) is 23.6 Å². The number of nitrogens with zero attached hydrogens (tertiary/aromatic N) is 3. The molecular weight excluding hydrogens is 210 g/mol. The molecule has 1 aromatic heterocycles. The largest absolute Gasteiger partial charge is 0.307 e. The van der Waals surface area contributed by atoms with E-state index in [-0.39, 0.29) is 0 Å². The molecule has 0 radical (unpaired) electrons. The molecule has 1 aliphatic heterocycles. The van der Waals surface area contributed by atoms with Crippen molar-refractivity contribution in [2.24, 2.45) is 0 Å². The third-order valence-corrected chi connectivity index (χ3v) is 3.20. The third kappa shape index (κ3) is 1.68.